The van der Waals surface area contributed by atoms with Crippen LogP contribution < -0.4 is 4.90 Å². The van der Waals surface area contributed by atoms with Crippen LogP contribution in [0.15, 0.2) is 12.3 Å². The third-order valence-electron chi connectivity index (χ3n) is 2.20. The van der Waals surface area contributed by atoms with Gasteiger partial charge in [0.05, 0.1) is 5.02 Å². The predicted octanol–water partition coefficient (Wildman–Crippen LogP) is 3.32. The lowest BCUT2D eigenvalue weighted by molar-refractivity contribution is 0.743. The Bertz CT molecular complexity index is 313. The van der Waals surface area contributed by atoms with Gasteiger partial charge in [0, 0.05) is 25.2 Å². The Hall–Kier alpha value is -0.470. The molecular weight excluding hydrogens is 219 g/mol. The molecule has 4 heteroatoms. The van der Waals surface area contributed by atoms with Crippen LogP contribution in [0.3, 0.4) is 0 Å². The maximum absolute atomic E-state index is 5.92. The van der Waals surface area contributed by atoms with E-state index in [-0.39, 0.29) is 0 Å². The van der Waals surface area contributed by atoms with E-state index in [4.69, 9.17) is 23.2 Å². The lowest BCUT2D eigenvalue weighted by Crippen LogP contribution is -2.26. The van der Waals surface area contributed by atoms with Crippen molar-refractivity contribution in [1.82, 2.24) is 4.98 Å². The van der Waals surface area contributed by atoms with Crippen molar-refractivity contribution in [2.24, 2.45) is 0 Å². The molecule has 1 rings (SSSR count). The van der Waals surface area contributed by atoms with E-state index in [0.717, 1.165) is 11.4 Å². The normalized spacial score (nSPS) is 10.7. The highest BCUT2D eigenvalue weighted by Gasteiger charge is 2.08. The van der Waals surface area contributed by atoms with Crippen LogP contribution >= 0.6 is 23.2 Å². The first-order valence-corrected chi connectivity index (χ1v) is 5.40. The van der Waals surface area contributed by atoms with Gasteiger partial charge in [-0.3, -0.25) is 0 Å². The zero-order chi connectivity index (χ0) is 10.7. The second-order valence-corrected chi connectivity index (χ2v) is 4.15. The van der Waals surface area contributed by atoms with E-state index in [2.05, 4.69) is 23.7 Å². The molecule has 0 atom stereocenters. The van der Waals surface area contributed by atoms with Crippen LogP contribution in [0.1, 0.15) is 19.4 Å². The largest absolute Gasteiger partial charge is 0.357 e. The Labute approximate surface area is 94.8 Å². The number of aromatic nitrogens is 1. The maximum Gasteiger partial charge on any atom is 0.128 e. The molecule has 78 valence electrons. The summed E-state index contributed by atoms with van der Waals surface area (Å²) >= 11 is 11.7. The summed E-state index contributed by atoms with van der Waals surface area (Å²) < 4.78 is 0. The molecule has 0 aliphatic carbocycles. The number of halogens is 2. The van der Waals surface area contributed by atoms with Crippen LogP contribution in [0, 0.1) is 0 Å². The van der Waals surface area contributed by atoms with Gasteiger partial charge >= 0.3 is 0 Å². The average Bonchev–Trinajstić information content (AvgIpc) is 2.17. The summed E-state index contributed by atoms with van der Waals surface area (Å²) in [5.74, 6) is 1.32. The van der Waals surface area contributed by atoms with Gasteiger partial charge in [0.15, 0.2) is 0 Å². The summed E-state index contributed by atoms with van der Waals surface area (Å²) in [6.45, 7) is 4.22. The first-order valence-electron chi connectivity index (χ1n) is 4.49. The molecule has 0 amide bonds. The van der Waals surface area contributed by atoms with Gasteiger partial charge in [-0.05, 0) is 25.5 Å². The van der Waals surface area contributed by atoms with Gasteiger partial charge in [0.2, 0.25) is 0 Å². The molecule has 0 spiro atoms. The third kappa shape index (κ3) is 2.52. The third-order valence-corrected chi connectivity index (χ3v) is 2.83. The first-order chi connectivity index (χ1) is 6.56. The van der Waals surface area contributed by atoms with Crippen LogP contribution in [0.4, 0.5) is 5.82 Å². The number of alkyl halides is 1. The molecule has 1 aromatic rings. The molecule has 0 radical (unpaired) electrons. The average molecular weight is 233 g/mol. The van der Waals surface area contributed by atoms with E-state index in [1.54, 1.807) is 6.20 Å². The Morgan fingerprint density at radius 3 is 2.64 bits per heavy atom. The van der Waals surface area contributed by atoms with Crippen LogP contribution in [-0.4, -0.2) is 18.1 Å². The summed E-state index contributed by atoms with van der Waals surface area (Å²) in [5.41, 5.74) is 0.922. The molecule has 0 aromatic carbocycles. The molecule has 2 nitrogen and oxygen atoms in total. The first kappa shape index (κ1) is 11.6. The fourth-order valence-electron chi connectivity index (χ4n) is 1.03. The van der Waals surface area contributed by atoms with Gasteiger partial charge in [-0.25, -0.2) is 4.98 Å². The Morgan fingerprint density at radius 1 is 1.50 bits per heavy atom. The minimum Gasteiger partial charge on any atom is -0.357 e. The number of pyridine rings is 1. The Balaban J connectivity index is 3.00. The van der Waals surface area contributed by atoms with Gasteiger partial charge < -0.3 is 4.90 Å². The molecule has 0 saturated carbocycles. The van der Waals surface area contributed by atoms with Gasteiger partial charge in [-0.1, -0.05) is 11.6 Å². The van der Waals surface area contributed by atoms with Crippen LogP contribution in [0.2, 0.25) is 5.02 Å². The highest BCUT2D eigenvalue weighted by Crippen LogP contribution is 2.22. The van der Waals surface area contributed by atoms with Crippen molar-refractivity contribution in [2.75, 3.05) is 11.9 Å². The molecule has 0 fully saturated rings. The van der Waals surface area contributed by atoms with Crippen molar-refractivity contribution >= 4 is 29.0 Å². The number of hydrogen-bond acceptors (Lipinski definition) is 2. The molecule has 1 heterocycles. The lowest BCUT2D eigenvalue weighted by Gasteiger charge is -2.23. The van der Waals surface area contributed by atoms with Gasteiger partial charge in [-0.2, -0.15) is 0 Å². The Kier molecular flexibility index (Phi) is 4.02. The van der Waals surface area contributed by atoms with E-state index >= 15 is 0 Å². The van der Waals surface area contributed by atoms with Crippen molar-refractivity contribution in [3.8, 4) is 0 Å². The zero-order valence-corrected chi connectivity index (χ0v) is 10.1. The van der Waals surface area contributed by atoms with E-state index in [1.807, 2.05) is 13.1 Å². The van der Waals surface area contributed by atoms with Crippen molar-refractivity contribution in [2.45, 2.75) is 25.8 Å². The molecule has 0 saturated heterocycles. The van der Waals surface area contributed by atoms with Crippen molar-refractivity contribution in [3.05, 3.63) is 22.8 Å². The Morgan fingerprint density at radius 2 is 2.14 bits per heavy atom. The highest BCUT2D eigenvalue weighted by atomic mass is 35.5. The lowest BCUT2D eigenvalue weighted by atomic mass is 10.2. The van der Waals surface area contributed by atoms with Crippen LogP contribution in [0.25, 0.3) is 0 Å². The van der Waals surface area contributed by atoms with E-state index in [1.165, 1.54) is 0 Å². The summed E-state index contributed by atoms with van der Waals surface area (Å²) in [5, 5.41) is 0.626. The molecule has 0 N–H and O–H groups in total. The zero-order valence-electron chi connectivity index (χ0n) is 8.59. The van der Waals surface area contributed by atoms with E-state index < -0.39 is 0 Å². The summed E-state index contributed by atoms with van der Waals surface area (Å²) in [7, 11) is 2.00. The minimum absolute atomic E-state index is 0.409. The fraction of sp³-hybridized carbons (Fsp3) is 0.500. The maximum atomic E-state index is 5.92. The summed E-state index contributed by atoms with van der Waals surface area (Å²) in [6, 6.07) is 2.34. The number of hydrogen-bond donors (Lipinski definition) is 0. The van der Waals surface area contributed by atoms with Crippen LogP contribution in [0.5, 0.6) is 0 Å². The van der Waals surface area contributed by atoms with Gasteiger partial charge in [0.1, 0.15) is 5.82 Å². The quantitative estimate of drug-likeness (QED) is 0.744. The number of rotatable bonds is 3. The molecule has 0 bridgehead atoms. The summed E-state index contributed by atoms with van der Waals surface area (Å²) in [6.07, 6.45) is 1.65. The van der Waals surface area contributed by atoms with Crippen molar-refractivity contribution in [1.29, 1.82) is 0 Å². The summed E-state index contributed by atoms with van der Waals surface area (Å²) in [4.78, 5) is 6.32. The standard InChI is InChI=1S/C10H14Cl2N2/c1-7(2)14(3)10-4-8(5-11)9(12)6-13-10/h4,6-7H,5H2,1-3H3. The second-order valence-electron chi connectivity index (χ2n) is 3.47. The molecule has 14 heavy (non-hydrogen) atoms. The predicted molar refractivity (Wildman–Crippen MR) is 62.3 cm³/mol. The van der Waals surface area contributed by atoms with E-state index in [9.17, 15) is 0 Å². The smallest absolute Gasteiger partial charge is 0.128 e. The highest BCUT2D eigenvalue weighted by molar-refractivity contribution is 6.32. The van der Waals surface area contributed by atoms with E-state index in [0.29, 0.717) is 16.9 Å². The molecule has 1 aromatic heterocycles. The molecular formula is C10H14Cl2N2. The molecule has 0 aliphatic rings. The van der Waals surface area contributed by atoms with Crippen molar-refractivity contribution in [3.63, 3.8) is 0 Å². The minimum atomic E-state index is 0.409. The molecule has 0 aliphatic heterocycles. The number of nitrogens with zero attached hydrogens (tertiary/aromatic N) is 2. The number of anilines is 1. The van der Waals surface area contributed by atoms with Gasteiger partial charge in [-0.15, -0.1) is 11.6 Å². The van der Waals surface area contributed by atoms with Crippen LogP contribution in [-0.2, 0) is 5.88 Å². The topological polar surface area (TPSA) is 16.1 Å². The van der Waals surface area contributed by atoms with Gasteiger partial charge in [0.25, 0.3) is 0 Å². The SMILES string of the molecule is CC(C)N(C)c1cc(CCl)c(Cl)cn1. The fourth-order valence-corrected chi connectivity index (χ4v) is 1.49. The second kappa shape index (κ2) is 4.85. The van der Waals surface area contributed by atoms with Crippen molar-refractivity contribution < 1.29 is 0 Å². The monoisotopic (exact) mass is 232 g/mol. The molecule has 0 unspecified atom stereocenters.